The summed E-state index contributed by atoms with van der Waals surface area (Å²) in [5, 5.41) is 8.60. The minimum Gasteiger partial charge on any atom is -0.490 e. The van der Waals surface area contributed by atoms with Crippen molar-refractivity contribution in [3.8, 4) is 17.2 Å². The third kappa shape index (κ3) is 3.34. The molecule has 1 N–H and O–H groups in total. The maximum absolute atomic E-state index is 11.2. The summed E-state index contributed by atoms with van der Waals surface area (Å²) >= 11 is 0. The van der Waals surface area contributed by atoms with Crippen LogP contribution in [0.1, 0.15) is 28.8 Å². The van der Waals surface area contributed by atoms with Gasteiger partial charge >= 0.3 is 5.97 Å². The van der Waals surface area contributed by atoms with Crippen LogP contribution in [0.3, 0.4) is 0 Å². The summed E-state index contributed by atoms with van der Waals surface area (Å²) in [6, 6.07) is 1.57. The quantitative estimate of drug-likeness (QED) is 0.612. The monoisotopic (exact) mass is 292 g/mol. The van der Waals surface area contributed by atoms with Gasteiger partial charge in [-0.15, -0.1) is 0 Å². The number of benzene rings is 1. The number of hydrogen-bond donors (Lipinski definition) is 1. The van der Waals surface area contributed by atoms with E-state index in [1.54, 1.807) is 12.1 Å². The van der Waals surface area contributed by atoms with E-state index < -0.39 is 5.97 Å². The molecule has 0 aromatic heterocycles. The van der Waals surface area contributed by atoms with E-state index in [0.717, 1.165) is 6.29 Å². The number of methoxy groups -OCH3 is 1. The molecule has 112 valence electrons. The molecule has 6 heteroatoms. The number of carbonyl (C=O) groups is 2. The van der Waals surface area contributed by atoms with Gasteiger partial charge in [0, 0.05) is 17.5 Å². The Hall–Kier alpha value is -2.50. The van der Waals surface area contributed by atoms with Gasteiger partial charge in [-0.3, -0.25) is 9.59 Å². The second kappa shape index (κ2) is 6.78. The maximum Gasteiger partial charge on any atom is 0.303 e. The first-order chi connectivity index (χ1) is 10.2. The summed E-state index contributed by atoms with van der Waals surface area (Å²) in [6.45, 7) is 0.611. The largest absolute Gasteiger partial charge is 0.490 e. The molecule has 0 saturated heterocycles. The Labute approximate surface area is 121 Å². The first-order valence-electron chi connectivity index (χ1n) is 6.51. The van der Waals surface area contributed by atoms with Crippen LogP contribution in [0.4, 0.5) is 0 Å². The molecule has 1 aromatic carbocycles. The van der Waals surface area contributed by atoms with E-state index in [1.807, 2.05) is 6.08 Å². The van der Waals surface area contributed by atoms with Gasteiger partial charge in [-0.2, -0.15) is 0 Å². The van der Waals surface area contributed by atoms with E-state index in [4.69, 9.17) is 19.3 Å². The van der Waals surface area contributed by atoms with Crippen molar-refractivity contribution in [3.05, 3.63) is 23.3 Å². The molecule has 0 fully saturated rings. The number of carbonyl (C=O) groups excluding carboxylic acids is 1. The van der Waals surface area contributed by atoms with Gasteiger partial charge in [0.2, 0.25) is 5.75 Å². The summed E-state index contributed by atoms with van der Waals surface area (Å²) in [7, 11) is 1.49. The topological polar surface area (TPSA) is 82.1 Å². The highest BCUT2D eigenvalue weighted by molar-refractivity contribution is 5.87. The Morgan fingerprint density at radius 1 is 1.52 bits per heavy atom. The van der Waals surface area contributed by atoms with E-state index in [1.165, 1.54) is 7.11 Å². The summed E-state index contributed by atoms with van der Waals surface area (Å²) in [6.07, 6.45) is 4.72. The van der Waals surface area contributed by atoms with Crippen molar-refractivity contribution >= 4 is 18.3 Å². The molecular weight excluding hydrogens is 276 g/mol. The molecule has 2 rings (SSSR count). The molecule has 0 radical (unpaired) electrons. The van der Waals surface area contributed by atoms with E-state index in [2.05, 4.69) is 0 Å². The molecule has 1 aliphatic heterocycles. The van der Waals surface area contributed by atoms with Gasteiger partial charge in [-0.25, -0.2) is 0 Å². The lowest BCUT2D eigenvalue weighted by Gasteiger charge is -2.20. The van der Waals surface area contributed by atoms with Gasteiger partial charge in [0.05, 0.1) is 13.7 Å². The zero-order chi connectivity index (χ0) is 15.2. The summed E-state index contributed by atoms with van der Waals surface area (Å²) in [4.78, 5) is 21.7. The lowest BCUT2D eigenvalue weighted by atomic mass is 10.0. The highest BCUT2D eigenvalue weighted by Gasteiger charge is 2.21. The molecule has 0 amide bonds. The molecule has 0 aliphatic carbocycles. The number of fused-ring (bicyclic) bond motifs is 1. The smallest absolute Gasteiger partial charge is 0.303 e. The van der Waals surface area contributed by atoms with Crippen molar-refractivity contribution < 1.29 is 28.9 Å². The Morgan fingerprint density at radius 2 is 2.33 bits per heavy atom. The van der Waals surface area contributed by atoms with Crippen molar-refractivity contribution in [2.75, 3.05) is 20.3 Å². The van der Waals surface area contributed by atoms with Crippen molar-refractivity contribution in [1.29, 1.82) is 0 Å². The van der Waals surface area contributed by atoms with Crippen molar-refractivity contribution in [2.24, 2.45) is 0 Å². The first-order valence-corrected chi connectivity index (χ1v) is 6.51. The summed E-state index contributed by atoms with van der Waals surface area (Å²) < 4.78 is 16.4. The molecule has 0 spiro atoms. The number of hydrogen-bond acceptors (Lipinski definition) is 5. The summed E-state index contributed by atoms with van der Waals surface area (Å²) in [5.74, 6) is 0.380. The van der Waals surface area contributed by atoms with E-state index >= 15 is 0 Å². The van der Waals surface area contributed by atoms with Crippen LogP contribution in [0.15, 0.2) is 12.1 Å². The SMILES string of the molecule is COc1c(OCCCC(=O)O)cc(C=O)c2c1OCC=C2. The predicted molar refractivity (Wildman–Crippen MR) is 75.3 cm³/mol. The Balaban J connectivity index is 2.26. The predicted octanol–water partition coefficient (Wildman–Crippen LogP) is 2.16. The molecule has 6 nitrogen and oxygen atoms in total. The van der Waals surface area contributed by atoms with Gasteiger partial charge < -0.3 is 19.3 Å². The van der Waals surface area contributed by atoms with Crippen LogP contribution in [0.25, 0.3) is 6.08 Å². The fraction of sp³-hybridized carbons (Fsp3) is 0.333. The fourth-order valence-corrected chi connectivity index (χ4v) is 2.07. The Bertz CT molecular complexity index is 576. The number of carboxylic acids is 1. The number of carboxylic acid groups (broad SMARTS) is 1. The van der Waals surface area contributed by atoms with Crippen molar-refractivity contribution in [2.45, 2.75) is 12.8 Å². The fourth-order valence-electron chi connectivity index (χ4n) is 2.07. The molecule has 0 unspecified atom stereocenters. The van der Waals surface area contributed by atoms with Gasteiger partial charge in [0.15, 0.2) is 17.8 Å². The second-order valence-corrected chi connectivity index (χ2v) is 4.42. The lowest BCUT2D eigenvalue weighted by molar-refractivity contribution is -0.137. The molecule has 1 heterocycles. The third-order valence-electron chi connectivity index (χ3n) is 3.00. The average molecular weight is 292 g/mol. The average Bonchev–Trinajstić information content (AvgIpc) is 2.50. The van der Waals surface area contributed by atoms with Crippen LogP contribution in [-0.2, 0) is 4.79 Å². The standard InChI is InChI=1S/C15H16O6/c1-19-15-12(20-6-3-5-13(17)18)8-10(9-16)11-4-2-7-21-14(11)15/h2,4,8-9H,3,5-7H2,1H3,(H,17,18). The van der Waals surface area contributed by atoms with E-state index in [0.29, 0.717) is 41.4 Å². The van der Waals surface area contributed by atoms with Crippen LogP contribution < -0.4 is 14.2 Å². The van der Waals surface area contributed by atoms with Crippen LogP contribution >= 0.6 is 0 Å². The molecule has 21 heavy (non-hydrogen) atoms. The van der Waals surface area contributed by atoms with Crippen LogP contribution in [0.2, 0.25) is 0 Å². The van der Waals surface area contributed by atoms with Crippen LogP contribution in [0.5, 0.6) is 17.2 Å². The number of aliphatic carboxylic acids is 1. The van der Waals surface area contributed by atoms with Gasteiger partial charge in [0.1, 0.15) is 6.61 Å². The maximum atomic E-state index is 11.2. The molecular formula is C15H16O6. The minimum atomic E-state index is -0.877. The van der Waals surface area contributed by atoms with Gasteiger partial charge in [-0.1, -0.05) is 6.08 Å². The minimum absolute atomic E-state index is 0.0209. The van der Waals surface area contributed by atoms with Crippen LogP contribution in [-0.4, -0.2) is 37.7 Å². The summed E-state index contributed by atoms with van der Waals surface area (Å²) in [5.41, 5.74) is 1.10. The third-order valence-corrected chi connectivity index (χ3v) is 3.00. The number of aldehydes is 1. The highest BCUT2D eigenvalue weighted by Crippen LogP contribution is 2.43. The number of rotatable bonds is 7. The van der Waals surface area contributed by atoms with E-state index in [9.17, 15) is 9.59 Å². The zero-order valence-corrected chi connectivity index (χ0v) is 11.6. The normalized spacial score (nSPS) is 12.2. The van der Waals surface area contributed by atoms with Crippen molar-refractivity contribution in [1.82, 2.24) is 0 Å². The van der Waals surface area contributed by atoms with E-state index in [-0.39, 0.29) is 13.0 Å². The number of ether oxygens (including phenoxy) is 3. The lowest BCUT2D eigenvalue weighted by Crippen LogP contribution is -2.08. The molecule has 0 bridgehead atoms. The molecule has 0 saturated carbocycles. The first kappa shape index (κ1) is 14.9. The van der Waals surface area contributed by atoms with Gasteiger partial charge in [0.25, 0.3) is 0 Å². The zero-order valence-electron chi connectivity index (χ0n) is 11.6. The van der Waals surface area contributed by atoms with Crippen molar-refractivity contribution in [3.63, 3.8) is 0 Å². The Kier molecular flexibility index (Phi) is 4.81. The molecule has 1 aromatic rings. The molecule has 1 aliphatic rings. The second-order valence-electron chi connectivity index (χ2n) is 4.42. The highest BCUT2D eigenvalue weighted by atomic mass is 16.5. The molecule has 0 atom stereocenters. The van der Waals surface area contributed by atoms with Crippen LogP contribution in [0, 0.1) is 0 Å². The van der Waals surface area contributed by atoms with Gasteiger partial charge in [-0.05, 0) is 18.6 Å². The Morgan fingerprint density at radius 3 is 3.00 bits per heavy atom.